The van der Waals surface area contributed by atoms with E-state index in [-0.39, 0.29) is 0 Å². The molecule has 20 heavy (non-hydrogen) atoms. The molecule has 0 heterocycles. The van der Waals surface area contributed by atoms with Gasteiger partial charge in [0.15, 0.2) is 0 Å². The van der Waals surface area contributed by atoms with E-state index in [1.807, 2.05) is 12.1 Å². The van der Waals surface area contributed by atoms with Crippen molar-refractivity contribution >= 4 is 10.0 Å². The zero-order chi connectivity index (χ0) is 15.2. The predicted octanol–water partition coefficient (Wildman–Crippen LogP) is 2.43. The van der Waals surface area contributed by atoms with Crippen molar-refractivity contribution in [3.63, 3.8) is 0 Å². The SMILES string of the molecule is CCN(CC)CCNS(=O)(=O)c1ccc(C(C)C)cc1. The summed E-state index contributed by atoms with van der Waals surface area (Å²) >= 11 is 0. The normalized spacial score (nSPS) is 12.3. The first-order valence-electron chi connectivity index (χ1n) is 7.22. The highest BCUT2D eigenvalue weighted by molar-refractivity contribution is 7.89. The minimum absolute atomic E-state index is 0.335. The van der Waals surface area contributed by atoms with Gasteiger partial charge in [0.25, 0.3) is 0 Å². The molecule has 0 spiro atoms. The quantitative estimate of drug-likeness (QED) is 0.802. The van der Waals surface area contributed by atoms with Crippen molar-refractivity contribution in [3.8, 4) is 0 Å². The molecule has 0 bridgehead atoms. The number of likely N-dealkylation sites (N-methyl/N-ethyl adjacent to an activating group) is 1. The largest absolute Gasteiger partial charge is 0.303 e. The molecule has 1 aromatic carbocycles. The zero-order valence-electron chi connectivity index (χ0n) is 12.9. The summed E-state index contributed by atoms with van der Waals surface area (Å²) in [5.74, 6) is 0.405. The highest BCUT2D eigenvalue weighted by Gasteiger charge is 2.14. The third kappa shape index (κ3) is 4.89. The van der Waals surface area contributed by atoms with Crippen LogP contribution in [0.15, 0.2) is 29.2 Å². The molecule has 0 saturated carbocycles. The summed E-state index contributed by atoms with van der Waals surface area (Å²) in [6.45, 7) is 11.4. The summed E-state index contributed by atoms with van der Waals surface area (Å²) in [6.07, 6.45) is 0. The van der Waals surface area contributed by atoms with Gasteiger partial charge in [0.05, 0.1) is 4.90 Å². The number of hydrogen-bond acceptors (Lipinski definition) is 3. The standard InChI is InChI=1S/C15H26N2O2S/c1-5-17(6-2)12-11-16-20(18,19)15-9-7-14(8-10-15)13(3)4/h7-10,13,16H,5-6,11-12H2,1-4H3. The van der Waals surface area contributed by atoms with Crippen molar-refractivity contribution in [2.45, 2.75) is 38.5 Å². The van der Waals surface area contributed by atoms with Crippen LogP contribution in [0.4, 0.5) is 0 Å². The Morgan fingerprint density at radius 2 is 1.65 bits per heavy atom. The molecule has 0 aromatic heterocycles. The van der Waals surface area contributed by atoms with E-state index in [4.69, 9.17) is 0 Å². The fourth-order valence-corrected chi connectivity index (χ4v) is 3.01. The van der Waals surface area contributed by atoms with E-state index in [0.29, 0.717) is 17.4 Å². The van der Waals surface area contributed by atoms with E-state index in [1.54, 1.807) is 12.1 Å². The maximum atomic E-state index is 12.1. The summed E-state index contributed by atoms with van der Waals surface area (Å²) in [6, 6.07) is 7.11. The van der Waals surface area contributed by atoms with Crippen molar-refractivity contribution in [1.29, 1.82) is 0 Å². The van der Waals surface area contributed by atoms with E-state index >= 15 is 0 Å². The molecule has 0 amide bonds. The predicted molar refractivity (Wildman–Crippen MR) is 83.5 cm³/mol. The topological polar surface area (TPSA) is 49.4 Å². The fraction of sp³-hybridized carbons (Fsp3) is 0.600. The second kappa shape index (κ2) is 7.76. The van der Waals surface area contributed by atoms with E-state index in [2.05, 4.69) is 37.3 Å². The number of nitrogens with zero attached hydrogens (tertiary/aromatic N) is 1. The van der Waals surface area contributed by atoms with Crippen molar-refractivity contribution < 1.29 is 8.42 Å². The zero-order valence-corrected chi connectivity index (χ0v) is 13.7. The molecule has 0 fully saturated rings. The number of nitrogens with one attached hydrogen (secondary N) is 1. The van der Waals surface area contributed by atoms with Crippen LogP contribution in [-0.4, -0.2) is 39.5 Å². The molecule has 0 aliphatic rings. The first-order valence-corrected chi connectivity index (χ1v) is 8.71. The van der Waals surface area contributed by atoms with Crippen molar-refractivity contribution in [1.82, 2.24) is 9.62 Å². The Labute approximate surface area is 123 Å². The van der Waals surface area contributed by atoms with Crippen LogP contribution >= 0.6 is 0 Å². The van der Waals surface area contributed by atoms with Gasteiger partial charge in [0.2, 0.25) is 10.0 Å². The molecule has 1 rings (SSSR count). The van der Waals surface area contributed by atoms with Crippen LogP contribution in [-0.2, 0) is 10.0 Å². The van der Waals surface area contributed by atoms with Gasteiger partial charge in [-0.25, -0.2) is 13.1 Å². The minimum atomic E-state index is -3.39. The Kier molecular flexibility index (Phi) is 6.65. The van der Waals surface area contributed by atoms with Gasteiger partial charge < -0.3 is 4.90 Å². The van der Waals surface area contributed by atoms with Crippen LogP contribution in [0.1, 0.15) is 39.2 Å². The molecule has 4 nitrogen and oxygen atoms in total. The molecule has 0 atom stereocenters. The van der Waals surface area contributed by atoms with Crippen LogP contribution < -0.4 is 4.72 Å². The van der Waals surface area contributed by atoms with E-state index in [9.17, 15) is 8.42 Å². The number of sulfonamides is 1. The first kappa shape index (κ1) is 17.1. The molecule has 0 aliphatic carbocycles. The van der Waals surface area contributed by atoms with Gasteiger partial charge in [0.1, 0.15) is 0 Å². The van der Waals surface area contributed by atoms with Gasteiger partial charge in [-0.2, -0.15) is 0 Å². The molecule has 1 N–H and O–H groups in total. The molecule has 1 aromatic rings. The average Bonchev–Trinajstić information content (AvgIpc) is 2.43. The Morgan fingerprint density at radius 3 is 2.10 bits per heavy atom. The smallest absolute Gasteiger partial charge is 0.240 e. The third-order valence-corrected chi connectivity index (χ3v) is 4.95. The number of benzene rings is 1. The molecule has 0 radical (unpaired) electrons. The summed E-state index contributed by atoms with van der Waals surface area (Å²) in [4.78, 5) is 2.52. The molecule has 114 valence electrons. The lowest BCUT2D eigenvalue weighted by molar-refractivity contribution is 0.309. The van der Waals surface area contributed by atoms with Gasteiger partial charge in [-0.05, 0) is 36.7 Å². The maximum absolute atomic E-state index is 12.1. The van der Waals surface area contributed by atoms with Crippen LogP contribution in [0.25, 0.3) is 0 Å². The van der Waals surface area contributed by atoms with Gasteiger partial charge in [0, 0.05) is 13.1 Å². The summed E-state index contributed by atoms with van der Waals surface area (Å²) in [7, 11) is -3.39. The van der Waals surface area contributed by atoms with Gasteiger partial charge in [-0.15, -0.1) is 0 Å². The van der Waals surface area contributed by atoms with Gasteiger partial charge in [-0.1, -0.05) is 39.8 Å². The molecular weight excluding hydrogens is 272 g/mol. The fourth-order valence-electron chi connectivity index (χ4n) is 1.99. The van der Waals surface area contributed by atoms with E-state index in [1.165, 1.54) is 0 Å². The highest BCUT2D eigenvalue weighted by atomic mass is 32.2. The lowest BCUT2D eigenvalue weighted by Gasteiger charge is -2.18. The van der Waals surface area contributed by atoms with E-state index in [0.717, 1.165) is 25.2 Å². The van der Waals surface area contributed by atoms with Crippen LogP contribution in [0, 0.1) is 0 Å². The summed E-state index contributed by atoms with van der Waals surface area (Å²) < 4.78 is 26.9. The first-order chi connectivity index (χ1) is 9.40. The summed E-state index contributed by atoms with van der Waals surface area (Å²) in [5, 5.41) is 0. The van der Waals surface area contributed by atoms with Crippen LogP contribution in [0.3, 0.4) is 0 Å². The Hall–Kier alpha value is -0.910. The Morgan fingerprint density at radius 1 is 1.10 bits per heavy atom. The lowest BCUT2D eigenvalue weighted by atomic mass is 10.0. The van der Waals surface area contributed by atoms with Gasteiger partial charge in [-0.3, -0.25) is 0 Å². The van der Waals surface area contributed by atoms with Crippen LogP contribution in [0.5, 0.6) is 0 Å². The van der Waals surface area contributed by atoms with Crippen LogP contribution in [0.2, 0.25) is 0 Å². The molecule has 5 heteroatoms. The molecule has 0 aliphatic heterocycles. The molecular formula is C15H26N2O2S. The second-order valence-electron chi connectivity index (χ2n) is 5.15. The molecule has 0 unspecified atom stereocenters. The second-order valence-corrected chi connectivity index (χ2v) is 6.92. The van der Waals surface area contributed by atoms with E-state index < -0.39 is 10.0 Å². The Balaban J connectivity index is 2.64. The summed E-state index contributed by atoms with van der Waals surface area (Å²) in [5.41, 5.74) is 1.15. The maximum Gasteiger partial charge on any atom is 0.240 e. The van der Waals surface area contributed by atoms with Gasteiger partial charge >= 0.3 is 0 Å². The van der Waals surface area contributed by atoms with Crippen molar-refractivity contribution in [2.24, 2.45) is 0 Å². The monoisotopic (exact) mass is 298 g/mol. The highest BCUT2D eigenvalue weighted by Crippen LogP contribution is 2.17. The number of hydrogen-bond donors (Lipinski definition) is 1. The average molecular weight is 298 g/mol. The number of rotatable bonds is 8. The third-order valence-electron chi connectivity index (χ3n) is 3.47. The molecule has 0 saturated heterocycles. The lowest BCUT2D eigenvalue weighted by Crippen LogP contribution is -2.34. The van der Waals surface area contributed by atoms with Crippen molar-refractivity contribution in [3.05, 3.63) is 29.8 Å². The minimum Gasteiger partial charge on any atom is -0.303 e. The van der Waals surface area contributed by atoms with Crippen molar-refractivity contribution in [2.75, 3.05) is 26.2 Å². The Bertz CT molecular complexity index is 491.